The SMILES string of the molecule is N#Cc1ccc(S(=O)(=O)NCc2cc[nH]c2)s1. The molecule has 2 aromatic heterocycles. The van der Waals surface area contributed by atoms with Crippen LogP contribution in [0.15, 0.2) is 34.8 Å². The van der Waals surface area contributed by atoms with Gasteiger partial charge in [0.25, 0.3) is 0 Å². The summed E-state index contributed by atoms with van der Waals surface area (Å²) in [5.74, 6) is 0. The van der Waals surface area contributed by atoms with Gasteiger partial charge in [-0.05, 0) is 23.8 Å². The van der Waals surface area contributed by atoms with Gasteiger partial charge in [-0.1, -0.05) is 0 Å². The molecular weight excluding hydrogens is 258 g/mol. The largest absolute Gasteiger partial charge is 0.367 e. The maximum atomic E-state index is 11.8. The van der Waals surface area contributed by atoms with Crippen LogP contribution in [0.2, 0.25) is 0 Å². The lowest BCUT2D eigenvalue weighted by molar-refractivity contribution is 0.583. The van der Waals surface area contributed by atoms with Gasteiger partial charge in [0.1, 0.15) is 15.2 Å². The molecule has 0 saturated carbocycles. The lowest BCUT2D eigenvalue weighted by Gasteiger charge is -2.02. The van der Waals surface area contributed by atoms with Crippen molar-refractivity contribution in [2.75, 3.05) is 0 Å². The minimum absolute atomic E-state index is 0.157. The standard InChI is InChI=1S/C10H9N3O2S2/c11-5-9-1-2-10(16-9)17(14,15)13-7-8-3-4-12-6-8/h1-4,6,12-13H,7H2. The Hall–Kier alpha value is -1.62. The molecule has 88 valence electrons. The third-order valence-corrected chi connectivity index (χ3v) is 4.97. The zero-order valence-electron chi connectivity index (χ0n) is 8.67. The van der Waals surface area contributed by atoms with E-state index < -0.39 is 10.0 Å². The molecular formula is C10H9N3O2S2. The van der Waals surface area contributed by atoms with E-state index in [0.29, 0.717) is 4.88 Å². The molecule has 7 heteroatoms. The van der Waals surface area contributed by atoms with E-state index in [1.165, 1.54) is 12.1 Å². The third-order valence-electron chi connectivity index (χ3n) is 2.09. The van der Waals surface area contributed by atoms with Gasteiger partial charge in [0.05, 0.1) is 0 Å². The average Bonchev–Trinajstić information content (AvgIpc) is 2.98. The van der Waals surface area contributed by atoms with E-state index >= 15 is 0 Å². The highest BCUT2D eigenvalue weighted by atomic mass is 32.2. The number of hydrogen-bond donors (Lipinski definition) is 2. The van der Waals surface area contributed by atoms with Crippen LogP contribution in [-0.2, 0) is 16.6 Å². The third kappa shape index (κ3) is 2.74. The van der Waals surface area contributed by atoms with Crippen molar-refractivity contribution in [2.45, 2.75) is 10.8 Å². The number of sulfonamides is 1. The van der Waals surface area contributed by atoms with Crippen LogP contribution in [-0.4, -0.2) is 13.4 Å². The summed E-state index contributed by atoms with van der Waals surface area (Å²) < 4.78 is 26.3. The number of nitrogens with one attached hydrogen (secondary N) is 2. The maximum Gasteiger partial charge on any atom is 0.250 e. The molecule has 0 radical (unpaired) electrons. The molecule has 17 heavy (non-hydrogen) atoms. The Morgan fingerprint density at radius 2 is 2.24 bits per heavy atom. The first-order valence-electron chi connectivity index (χ1n) is 4.73. The second-order valence-electron chi connectivity index (χ2n) is 3.27. The zero-order valence-corrected chi connectivity index (χ0v) is 10.3. The number of nitriles is 1. The van der Waals surface area contributed by atoms with Gasteiger partial charge in [-0.3, -0.25) is 0 Å². The van der Waals surface area contributed by atoms with E-state index in [-0.39, 0.29) is 10.8 Å². The van der Waals surface area contributed by atoms with Gasteiger partial charge in [0.15, 0.2) is 0 Å². The fourth-order valence-corrected chi connectivity index (χ4v) is 3.41. The second-order valence-corrected chi connectivity index (χ2v) is 6.35. The Balaban J connectivity index is 2.11. The van der Waals surface area contributed by atoms with Crippen molar-refractivity contribution in [2.24, 2.45) is 0 Å². The van der Waals surface area contributed by atoms with E-state index in [9.17, 15) is 8.42 Å². The fraction of sp³-hybridized carbons (Fsp3) is 0.100. The molecule has 2 heterocycles. The van der Waals surface area contributed by atoms with Crippen molar-refractivity contribution in [3.8, 4) is 6.07 Å². The van der Waals surface area contributed by atoms with Gasteiger partial charge in [0, 0.05) is 18.9 Å². The summed E-state index contributed by atoms with van der Waals surface area (Å²) in [6.45, 7) is 0.228. The highest BCUT2D eigenvalue weighted by Crippen LogP contribution is 2.20. The Kier molecular flexibility index (Phi) is 3.28. The minimum atomic E-state index is -3.52. The summed E-state index contributed by atoms with van der Waals surface area (Å²) in [4.78, 5) is 3.23. The second kappa shape index (κ2) is 4.71. The molecule has 0 spiro atoms. The van der Waals surface area contributed by atoms with Crippen LogP contribution in [0.3, 0.4) is 0 Å². The van der Waals surface area contributed by atoms with E-state index in [2.05, 4.69) is 9.71 Å². The Morgan fingerprint density at radius 3 is 2.82 bits per heavy atom. The van der Waals surface area contributed by atoms with Crippen molar-refractivity contribution >= 4 is 21.4 Å². The lowest BCUT2D eigenvalue weighted by atomic mass is 10.4. The fourth-order valence-electron chi connectivity index (χ4n) is 1.24. The zero-order chi connectivity index (χ0) is 12.3. The summed E-state index contributed by atoms with van der Waals surface area (Å²) in [5, 5.41) is 8.64. The lowest BCUT2D eigenvalue weighted by Crippen LogP contribution is -2.22. The smallest absolute Gasteiger partial charge is 0.250 e. The van der Waals surface area contributed by atoms with Crippen LogP contribution in [0.1, 0.15) is 10.4 Å². The van der Waals surface area contributed by atoms with E-state index in [4.69, 9.17) is 5.26 Å². The van der Waals surface area contributed by atoms with E-state index in [1.54, 1.807) is 18.5 Å². The van der Waals surface area contributed by atoms with Crippen LogP contribution < -0.4 is 4.72 Å². The number of nitrogens with zero attached hydrogens (tertiary/aromatic N) is 1. The molecule has 0 aliphatic rings. The highest BCUT2D eigenvalue weighted by molar-refractivity contribution is 7.91. The predicted molar refractivity (Wildman–Crippen MR) is 63.9 cm³/mol. The van der Waals surface area contributed by atoms with Crippen LogP contribution in [0.25, 0.3) is 0 Å². The molecule has 5 nitrogen and oxygen atoms in total. The first kappa shape index (κ1) is 11.9. The number of thiophene rings is 1. The van der Waals surface area contributed by atoms with Gasteiger partial charge in [-0.25, -0.2) is 13.1 Å². The number of aromatic nitrogens is 1. The molecule has 0 fully saturated rings. The van der Waals surface area contributed by atoms with Crippen molar-refractivity contribution in [1.29, 1.82) is 5.26 Å². The predicted octanol–water partition coefficient (Wildman–Crippen LogP) is 1.43. The van der Waals surface area contributed by atoms with Crippen LogP contribution in [0, 0.1) is 11.3 Å². The highest BCUT2D eigenvalue weighted by Gasteiger charge is 2.16. The van der Waals surface area contributed by atoms with E-state index in [1.807, 2.05) is 6.07 Å². The monoisotopic (exact) mass is 267 g/mol. The number of rotatable bonds is 4. The Bertz CT molecular complexity index is 635. The molecule has 2 rings (SSSR count). The van der Waals surface area contributed by atoms with Gasteiger partial charge < -0.3 is 4.98 Å². The molecule has 0 aliphatic heterocycles. The normalized spacial score (nSPS) is 11.2. The summed E-state index contributed by atoms with van der Waals surface area (Å²) >= 11 is 0.958. The molecule has 2 aromatic rings. The van der Waals surface area contributed by atoms with Crippen LogP contribution in [0.5, 0.6) is 0 Å². The number of hydrogen-bond acceptors (Lipinski definition) is 4. The van der Waals surface area contributed by atoms with Crippen molar-refractivity contribution in [3.63, 3.8) is 0 Å². The summed E-state index contributed by atoms with van der Waals surface area (Å²) in [6.07, 6.45) is 3.44. The molecule has 0 unspecified atom stereocenters. The van der Waals surface area contributed by atoms with Crippen molar-refractivity contribution in [3.05, 3.63) is 41.0 Å². The van der Waals surface area contributed by atoms with Gasteiger partial charge in [0.2, 0.25) is 10.0 Å². The Morgan fingerprint density at radius 1 is 1.41 bits per heavy atom. The average molecular weight is 267 g/mol. The number of aromatic amines is 1. The molecule has 0 bridgehead atoms. The maximum absolute atomic E-state index is 11.8. The molecule has 0 atom stereocenters. The summed E-state index contributed by atoms with van der Waals surface area (Å²) in [6, 6.07) is 6.63. The summed E-state index contributed by atoms with van der Waals surface area (Å²) in [7, 11) is -3.52. The first-order valence-corrected chi connectivity index (χ1v) is 7.03. The van der Waals surface area contributed by atoms with Gasteiger partial charge in [-0.2, -0.15) is 5.26 Å². The van der Waals surface area contributed by atoms with Crippen LogP contribution >= 0.6 is 11.3 Å². The number of H-pyrrole nitrogens is 1. The molecule has 0 aliphatic carbocycles. The van der Waals surface area contributed by atoms with Gasteiger partial charge in [-0.15, -0.1) is 11.3 Å². The summed E-state index contributed by atoms with van der Waals surface area (Å²) in [5.41, 5.74) is 0.852. The molecule has 0 amide bonds. The topological polar surface area (TPSA) is 85.8 Å². The van der Waals surface area contributed by atoms with Crippen molar-refractivity contribution < 1.29 is 8.42 Å². The van der Waals surface area contributed by atoms with Crippen molar-refractivity contribution in [1.82, 2.24) is 9.71 Å². The van der Waals surface area contributed by atoms with Gasteiger partial charge >= 0.3 is 0 Å². The Labute approximate surface area is 103 Å². The molecule has 0 aromatic carbocycles. The van der Waals surface area contributed by atoms with Crippen LogP contribution in [0.4, 0.5) is 0 Å². The van der Waals surface area contributed by atoms with E-state index in [0.717, 1.165) is 16.9 Å². The molecule has 2 N–H and O–H groups in total. The first-order chi connectivity index (χ1) is 8.12. The quantitative estimate of drug-likeness (QED) is 0.878. The molecule has 0 saturated heterocycles. The minimum Gasteiger partial charge on any atom is -0.367 e.